The van der Waals surface area contributed by atoms with Crippen LogP contribution in [0.25, 0.3) is 11.0 Å². The third kappa shape index (κ3) is 5.30. The molecule has 0 unspecified atom stereocenters. The maximum absolute atomic E-state index is 11.6. The fourth-order valence-electron chi connectivity index (χ4n) is 3.25. The molecule has 2 aromatic rings. The van der Waals surface area contributed by atoms with Gasteiger partial charge in [-0.3, -0.25) is 4.79 Å². The first-order valence-corrected chi connectivity index (χ1v) is 9.50. The number of ether oxygens (including phenoxy) is 1. The lowest BCUT2D eigenvalue weighted by Crippen LogP contribution is -2.43. The van der Waals surface area contributed by atoms with Crippen molar-refractivity contribution in [1.29, 1.82) is 0 Å². The number of hydrogen-bond acceptors (Lipinski definition) is 7. The topological polar surface area (TPSA) is 87.3 Å². The minimum atomic E-state index is -0.213. The van der Waals surface area contributed by atoms with Crippen molar-refractivity contribution in [3.8, 4) is 5.75 Å². The molecule has 2 heterocycles. The Morgan fingerprint density at radius 1 is 1.26 bits per heavy atom. The molecule has 146 valence electrons. The monoisotopic (exact) mass is 373 g/mol. The van der Waals surface area contributed by atoms with Crippen molar-refractivity contribution in [2.45, 2.75) is 26.2 Å². The summed E-state index contributed by atoms with van der Waals surface area (Å²) >= 11 is 0. The zero-order valence-corrected chi connectivity index (χ0v) is 15.7. The Morgan fingerprint density at radius 3 is 2.81 bits per heavy atom. The van der Waals surface area contributed by atoms with E-state index in [1.54, 1.807) is 12.1 Å². The summed E-state index contributed by atoms with van der Waals surface area (Å²) in [6, 6.07) is 7.12. The van der Waals surface area contributed by atoms with E-state index in [9.17, 15) is 4.79 Å². The van der Waals surface area contributed by atoms with Crippen molar-refractivity contribution in [2.75, 3.05) is 39.3 Å². The van der Waals surface area contributed by atoms with Gasteiger partial charge < -0.3 is 24.6 Å². The number of hydrogen-bond donors (Lipinski definition) is 2. The maximum Gasteiger partial charge on any atom is 0.266 e. The van der Waals surface area contributed by atoms with E-state index < -0.39 is 0 Å². The van der Waals surface area contributed by atoms with Gasteiger partial charge in [-0.15, -0.1) is 0 Å². The number of carbonyl (C=O) groups excluding carboxylic acids is 1. The second-order valence-electron chi connectivity index (χ2n) is 6.82. The first-order chi connectivity index (χ1) is 13.2. The predicted molar refractivity (Wildman–Crippen MR) is 102 cm³/mol. The molecule has 7 nitrogen and oxygen atoms in total. The lowest BCUT2D eigenvalue weighted by Gasteiger charge is -2.26. The Morgan fingerprint density at radius 2 is 2.07 bits per heavy atom. The number of fused-ring (bicyclic) bond motifs is 1. The third-order valence-electron chi connectivity index (χ3n) is 4.79. The van der Waals surface area contributed by atoms with Crippen LogP contribution in [-0.4, -0.2) is 55.2 Å². The molecule has 0 saturated carbocycles. The van der Waals surface area contributed by atoms with E-state index >= 15 is 0 Å². The highest BCUT2D eigenvalue weighted by molar-refractivity contribution is 5.96. The average molecular weight is 373 g/mol. The van der Waals surface area contributed by atoms with Gasteiger partial charge in [-0.2, -0.15) is 0 Å². The second-order valence-corrected chi connectivity index (χ2v) is 6.82. The van der Waals surface area contributed by atoms with Gasteiger partial charge in [-0.05, 0) is 56.1 Å². The summed E-state index contributed by atoms with van der Waals surface area (Å²) in [7, 11) is 0. The van der Waals surface area contributed by atoms with Crippen LogP contribution in [0.4, 0.5) is 0 Å². The molecule has 1 aliphatic heterocycles. The number of piperazine rings is 1. The Kier molecular flexibility index (Phi) is 6.84. The second kappa shape index (κ2) is 9.53. The average Bonchev–Trinajstić information content (AvgIpc) is 2.70. The van der Waals surface area contributed by atoms with E-state index in [2.05, 4.69) is 15.4 Å². The number of Topliss-reactive ketones (excluding diaryl/α,β-unsaturated/α-hetero) is 1. The van der Waals surface area contributed by atoms with Gasteiger partial charge in [-0.1, -0.05) is 0 Å². The van der Waals surface area contributed by atoms with Crippen molar-refractivity contribution in [3.05, 3.63) is 35.4 Å². The van der Waals surface area contributed by atoms with Crippen molar-refractivity contribution in [2.24, 2.45) is 5.16 Å². The summed E-state index contributed by atoms with van der Waals surface area (Å²) in [5.41, 5.74) is 0.687. The van der Waals surface area contributed by atoms with E-state index in [1.165, 1.54) is 13.3 Å². The fourth-order valence-corrected chi connectivity index (χ4v) is 3.25. The van der Waals surface area contributed by atoms with Crippen LogP contribution in [0.15, 0.2) is 33.8 Å². The van der Waals surface area contributed by atoms with Gasteiger partial charge in [0, 0.05) is 37.6 Å². The maximum atomic E-state index is 11.6. The van der Waals surface area contributed by atoms with Crippen LogP contribution in [0.2, 0.25) is 0 Å². The molecule has 0 radical (unpaired) electrons. The van der Waals surface area contributed by atoms with E-state index in [1.807, 2.05) is 12.1 Å². The van der Waals surface area contributed by atoms with E-state index in [4.69, 9.17) is 14.4 Å². The Labute approximate surface area is 158 Å². The molecule has 0 aliphatic carbocycles. The molecular weight excluding hydrogens is 346 g/mol. The van der Waals surface area contributed by atoms with Crippen LogP contribution >= 0.6 is 0 Å². The molecule has 1 aromatic heterocycles. The Bertz CT molecular complexity index is 841. The summed E-state index contributed by atoms with van der Waals surface area (Å²) in [5, 5.41) is 16.3. The molecule has 1 aliphatic rings. The third-order valence-corrected chi connectivity index (χ3v) is 4.79. The Balaban J connectivity index is 1.50. The number of carbonyl (C=O) groups is 1. The quantitative estimate of drug-likeness (QED) is 0.320. The van der Waals surface area contributed by atoms with Gasteiger partial charge >= 0.3 is 0 Å². The normalized spacial score (nSPS) is 16.0. The molecule has 1 saturated heterocycles. The summed E-state index contributed by atoms with van der Waals surface area (Å²) in [5.74, 6) is 0.488. The Hall–Kier alpha value is -2.38. The SMILES string of the molecule is CC(=O)c1cc2ccc(OCCCCCN3CCNCC3)cc2oc1=NO. The number of nitrogens with one attached hydrogen (secondary N) is 1. The van der Waals surface area contributed by atoms with Crippen LogP contribution in [0.3, 0.4) is 0 Å². The minimum Gasteiger partial charge on any atom is -0.493 e. The minimum absolute atomic E-state index is 0.0833. The zero-order valence-electron chi connectivity index (χ0n) is 15.7. The fraction of sp³-hybridized carbons (Fsp3) is 0.500. The highest BCUT2D eigenvalue weighted by atomic mass is 16.5. The molecule has 27 heavy (non-hydrogen) atoms. The highest BCUT2D eigenvalue weighted by Gasteiger charge is 2.10. The smallest absolute Gasteiger partial charge is 0.266 e. The van der Waals surface area contributed by atoms with Gasteiger partial charge in [0.2, 0.25) is 0 Å². The predicted octanol–water partition coefficient (Wildman–Crippen LogP) is 2.38. The molecule has 1 aromatic carbocycles. The number of rotatable bonds is 8. The molecule has 1 fully saturated rings. The van der Waals surface area contributed by atoms with Crippen LogP contribution in [0.1, 0.15) is 36.5 Å². The molecule has 3 rings (SSSR count). The van der Waals surface area contributed by atoms with Gasteiger partial charge in [0.15, 0.2) is 5.78 Å². The van der Waals surface area contributed by atoms with E-state index in [0.717, 1.165) is 51.0 Å². The molecular formula is C20H27N3O4. The highest BCUT2D eigenvalue weighted by Crippen LogP contribution is 2.21. The van der Waals surface area contributed by atoms with Crippen molar-refractivity contribution in [3.63, 3.8) is 0 Å². The van der Waals surface area contributed by atoms with Gasteiger partial charge in [0.25, 0.3) is 5.55 Å². The zero-order chi connectivity index (χ0) is 19.1. The first kappa shape index (κ1) is 19.4. The van der Waals surface area contributed by atoms with Crippen LogP contribution in [0.5, 0.6) is 5.75 Å². The number of benzene rings is 1. The van der Waals surface area contributed by atoms with Crippen molar-refractivity contribution < 1.29 is 19.2 Å². The van der Waals surface area contributed by atoms with E-state index in [-0.39, 0.29) is 16.9 Å². The van der Waals surface area contributed by atoms with Gasteiger partial charge in [-0.25, -0.2) is 0 Å². The van der Waals surface area contributed by atoms with Crippen LogP contribution in [-0.2, 0) is 0 Å². The van der Waals surface area contributed by atoms with Gasteiger partial charge in [0.1, 0.15) is 11.3 Å². The lowest BCUT2D eigenvalue weighted by molar-refractivity contribution is 0.101. The summed E-state index contributed by atoms with van der Waals surface area (Å²) < 4.78 is 11.3. The van der Waals surface area contributed by atoms with Crippen molar-refractivity contribution >= 4 is 16.8 Å². The molecule has 0 bridgehead atoms. The molecule has 7 heteroatoms. The molecule has 0 amide bonds. The molecule has 0 atom stereocenters. The number of unbranched alkanes of at least 4 members (excludes halogenated alkanes) is 2. The summed E-state index contributed by atoms with van der Waals surface area (Å²) in [6.45, 7) is 7.68. The molecule has 2 N–H and O–H groups in total. The van der Waals surface area contributed by atoms with Gasteiger partial charge in [0.05, 0.1) is 12.2 Å². The van der Waals surface area contributed by atoms with Crippen LogP contribution < -0.4 is 15.6 Å². The number of nitrogens with zero attached hydrogens (tertiary/aromatic N) is 2. The van der Waals surface area contributed by atoms with Crippen molar-refractivity contribution in [1.82, 2.24) is 10.2 Å². The number of ketones is 1. The summed E-state index contributed by atoms with van der Waals surface area (Å²) in [6.07, 6.45) is 3.32. The lowest BCUT2D eigenvalue weighted by atomic mass is 10.1. The van der Waals surface area contributed by atoms with Crippen LogP contribution in [0, 0.1) is 0 Å². The molecule has 0 spiro atoms. The summed E-state index contributed by atoms with van der Waals surface area (Å²) in [4.78, 5) is 14.1. The first-order valence-electron chi connectivity index (χ1n) is 9.50. The van der Waals surface area contributed by atoms with E-state index in [0.29, 0.717) is 17.9 Å². The largest absolute Gasteiger partial charge is 0.493 e. The standard InChI is InChI=1S/C20H27N3O4/c1-15(24)18-13-16-5-6-17(14-19(16)27-20(18)22-25)26-12-4-2-3-9-23-10-7-21-8-11-23/h5-6,13-14,21,25H,2-4,7-12H2,1H3.